The maximum absolute atomic E-state index is 13.5. The zero-order chi connectivity index (χ0) is 16.2. The van der Waals surface area contributed by atoms with E-state index in [0.717, 1.165) is 6.07 Å². The summed E-state index contributed by atoms with van der Waals surface area (Å²) in [6.07, 6.45) is -0.374. The van der Waals surface area contributed by atoms with Gasteiger partial charge in [0, 0.05) is 13.2 Å². The molecular weight excluding hydrogens is 325 g/mol. The Morgan fingerprint density at radius 3 is 2.67 bits per heavy atom. The van der Waals surface area contributed by atoms with Gasteiger partial charge in [0.25, 0.3) is 0 Å². The summed E-state index contributed by atoms with van der Waals surface area (Å²) in [5, 5.41) is 8.25. The Balaban J connectivity index is 3.06. The molecule has 0 aromatic heterocycles. The van der Waals surface area contributed by atoms with E-state index in [1.54, 1.807) is 13.8 Å². The van der Waals surface area contributed by atoms with Gasteiger partial charge >= 0.3 is 5.97 Å². The maximum atomic E-state index is 13.5. The van der Waals surface area contributed by atoms with Crippen molar-refractivity contribution >= 4 is 27.6 Å². The topological polar surface area (TPSA) is 92.7 Å². The number of ether oxygens (including phenoxy) is 1. The second-order valence-electron chi connectivity index (χ2n) is 4.19. The number of carboxylic acids is 1. The van der Waals surface area contributed by atoms with Gasteiger partial charge in [-0.3, -0.25) is 0 Å². The van der Waals surface area contributed by atoms with Gasteiger partial charge in [0.15, 0.2) is 0 Å². The number of hydrogen-bond acceptors (Lipinski definition) is 4. The second kappa shape index (κ2) is 7.17. The Bertz CT molecular complexity index is 635. The molecule has 0 spiro atoms. The van der Waals surface area contributed by atoms with E-state index in [0.29, 0.717) is 12.7 Å². The third-order valence-electron chi connectivity index (χ3n) is 2.55. The van der Waals surface area contributed by atoms with Crippen molar-refractivity contribution in [3.05, 3.63) is 28.5 Å². The molecule has 1 aromatic rings. The molecule has 0 aliphatic rings. The fourth-order valence-electron chi connectivity index (χ4n) is 1.53. The lowest BCUT2D eigenvalue weighted by atomic mass is 10.2. The molecule has 1 aromatic carbocycles. The molecule has 0 aliphatic heterocycles. The Labute approximate surface area is 126 Å². The first kappa shape index (κ1) is 17.8. The van der Waals surface area contributed by atoms with Crippen LogP contribution in [0.4, 0.5) is 4.39 Å². The van der Waals surface area contributed by atoms with E-state index in [1.165, 1.54) is 0 Å². The van der Waals surface area contributed by atoms with Crippen LogP contribution in [-0.4, -0.2) is 38.7 Å². The molecule has 1 unspecified atom stereocenters. The van der Waals surface area contributed by atoms with Crippen molar-refractivity contribution in [2.24, 2.45) is 0 Å². The van der Waals surface area contributed by atoms with Crippen molar-refractivity contribution in [3.63, 3.8) is 0 Å². The molecule has 0 saturated heterocycles. The lowest BCUT2D eigenvalue weighted by molar-refractivity contribution is 0.0696. The Hall–Kier alpha value is -1.22. The zero-order valence-electron chi connectivity index (χ0n) is 11.4. The van der Waals surface area contributed by atoms with Crippen molar-refractivity contribution in [1.29, 1.82) is 0 Å². The zero-order valence-corrected chi connectivity index (χ0v) is 13.0. The van der Waals surface area contributed by atoms with E-state index in [4.69, 9.17) is 21.4 Å². The lowest BCUT2D eigenvalue weighted by Gasteiger charge is -2.13. The van der Waals surface area contributed by atoms with Crippen LogP contribution in [0, 0.1) is 5.82 Å². The molecule has 0 aliphatic carbocycles. The highest BCUT2D eigenvalue weighted by atomic mass is 35.5. The molecule has 2 N–H and O–H groups in total. The summed E-state index contributed by atoms with van der Waals surface area (Å²) in [5.41, 5.74) is -0.616. The minimum absolute atomic E-state index is 0.0250. The van der Waals surface area contributed by atoms with Crippen LogP contribution in [0.5, 0.6) is 0 Å². The van der Waals surface area contributed by atoms with E-state index in [9.17, 15) is 17.6 Å². The number of aromatic carboxylic acids is 1. The summed E-state index contributed by atoms with van der Waals surface area (Å²) in [7, 11) is -4.06. The number of sulfonamides is 1. The third kappa shape index (κ3) is 4.63. The fraction of sp³-hybridized carbons (Fsp3) is 0.417. The molecule has 1 rings (SSSR count). The summed E-state index contributed by atoms with van der Waals surface area (Å²) in [4.78, 5) is 10.4. The molecule has 0 amide bonds. The molecule has 9 heteroatoms. The van der Waals surface area contributed by atoms with Gasteiger partial charge < -0.3 is 9.84 Å². The first-order valence-corrected chi connectivity index (χ1v) is 7.88. The molecule has 0 radical (unpaired) electrons. The van der Waals surface area contributed by atoms with Crippen LogP contribution in [0.15, 0.2) is 17.0 Å². The van der Waals surface area contributed by atoms with Gasteiger partial charge in [-0.05, 0) is 26.0 Å². The van der Waals surface area contributed by atoms with Gasteiger partial charge in [-0.25, -0.2) is 22.3 Å². The van der Waals surface area contributed by atoms with E-state index in [1.807, 2.05) is 0 Å². The van der Waals surface area contributed by atoms with Crippen LogP contribution < -0.4 is 4.72 Å². The molecule has 6 nitrogen and oxygen atoms in total. The lowest BCUT2D eigenvalue weighted by Crippen LogP contribution is -2.32. The summed E-state index contributed by atoms with van der Waals surface area (Å²) in [5.74, 6) is -2.63. The summed E-state index contributed by atoms with van der Waals surface area (Å²) in [6.45, 7) is 3.82. The van der Waals surface area contributed by atoms with Crippen molar-refractivity contribution in [2.75, 3.05) is 13.2 Å². The number of carbonyl (C=O) groups is 1. The maximum Gasteiger partial charge on any atom is 0.337 e. The van der Waals surface area contributed by atoms with Gasteiger partial charge in [-0.2, -0.15) is 0 Å². The van der Waals surface area contributed by atoms with Gasteiger partial charge in [0.05, 0.1) is 21.6 Å². The largest absolute Gasteiger partial charge is 0.478 e. The number of rotatable bonds is 7. The van der Waals surface area contributed by atoms with E-state index in [2.05, 4.69) is 4.72 Å². The summed E-state index contributed by atoms with van der Waals surface area (Å²) in [6, 6.07) is 1.48. The third-order valence-corrected chi connectivity index (χ3v) is 4.34. The van der Waals surface area contributed by atoms with Crippen molar-refractivity contribution in [2.45, 2.75) is 24.8 Å². The van der Waals surface area contributed by atoms with Crippen LogP contribution in [-0.2, 0) is 14.8 Å². The smallest absolute Gasteiger partial charge is 0.337 e. The van der Waals surface area contributed by atoms with Crippen LogP contribution >= 0.6 is 11.6 Å². The first-order chi connectivity index (χ1) is 9.69. The average molecular weight is 340 g/mol. The number of carboxylic acid groups (broad SMARTS) is 1. The first-order valence-electron chi connectivity index (χ1n) is 6.02. The molecule has 118 valence electrons. The number of benzene rings is 1. The molecular formula is C12H15ClFNO5S. The van der Waals surface area contributed by atoms with E-state index >= 15 is 0 Å². The standard InChI is InChI=1S/C12H15ClFNO5S/c1-3-20-7(2)6-15-21(18,19)8-4-9(12(16)17)11(13)10(14)5-8/h4-5,7,15H,3,6H2,1-2H3,(H,16,17). The number of hydrogen-bond donors (Lipinski definition) is 2. The molecule has 1 atom stereocenters. The number of nitrogens with one attached hydrogen (secondary N) is 1. The van der Waals surface area contributed by atoms with Gasteiger partial charge in [0.1, 0.15) is 5.82 Å². The minimum Gasteiger partial charge on any atom is -0.478 e. The molecule has 0 heterocycles. The Morgan fingerprint density at radius 2 is 2.14 bits per heavy atom. The highest BCUT2D eigenvalue weighted by molar-refractivity contribution is 7.89. The molecule has 21 heavy (non-hydrogen) atoms. The van der Waals surface area contributed by atoms with Crippen LogP contribution in [0.3, 0.4) is 0 Å². The summed E-state index contributed by atoms with van der Waals surface area (Å²) >= 11 is 5.49. The van der Waals surface area contributed by atoms with Crippen LogP contribution in [0.25, 0.3) is 0 Å². The minimum atomic E-state index is -4.06. The second-order valence-corrected chi connectivity index (χ2v) is 6.33. The SMILES string of the molecule is CCOC(C)CNS(=O)(=O)c1cc(F)c(Cl)c(C(=O)O)c1. The summed E-state index contributed by atoms with van der Waals surface area (Å²) < 4.78 is 44.9. The highest BCUT2D eigenvalue weighted by Crippen LogP contribution is 2.24. The normalized spacial score (nSPS) is 13.1. The average Bonchev–Trinajstić information content (AvgIpc) is 2.39. The number of halogens is 2. The van der Waals surface area contributed by atoms with Gasteiger partial charge in [0.2, 0.25) is 10.0 Å². The quantitative estimate of drug-likeness (QED) is 0.791. The van der Waals surface area contributed by atoms with Crippen molar-refractivity contribution in [1.82, 2.24) is 4.72 Å². The fourth-order valence-corrected chi connectivity index (χ4v) is 2.87. The highest BCUT2D eigenvalue weighted by Gasteiger charge is 2.22. The Kier molecular flexibility index (Phi) is 6.09. The van der Waals surface area contributed by atoms with Gasteiger partial charge in [-0.15, -0.1) is 0 Å². The monoisotopic (exact) mass is 339 g/mol. The predicted molar refractivity (Wildman–Crippen MR) is 74.6 cm³/mol. The van der Waals surface area contributed by atoms with Gasteiger partial charge in [-0.1, -0.05) is 11.6 Å². The van der Waals surface area contributed by atoms with Crippen LogP contribution in [0.2, 0.25) is 5.02 Å². The van der Waals surface area contributed by atoms with Crippen molar-refractivity contribution < 1.29 is 27.4 Å². The van der Waals surface area contributed by atoms with E-state index in [-0.39, 0.29) is 12.6 Å². The molecule has 0 bridgehead atoms. The molecule has 0 saturated carbocycles. The predicted octanol–water partition coefficient (Wildman–Crippen LogP) is 1.88. The van der Waals surface area contributed by atoms with Crippen molar-refractivity contribution in [3.8, 4) is 0 Å². The Morgan fingerprint density at radius 1 is 1.52 bits per heavy atom. The van der Waals surface area contributed by atoms with E-state index < -0.39 is 37.3 Å². The molecule has 0 fully saturated rings. The van der Waals surface area contributed by atoms with Crippen LogP contribution in [0.1, 0.15) is 24.2 Å².